The minimum absolute atomic E-state index is 0.187. The molecule has 1 aliphatic rings. The highest BCUT2D eigenvalue weighted by Crippen LogP contribution is 2.49. The van der Waals surface area contributed by atoms with Gasteiger partial charge in [-0.25, -0.2) is 0 Å². The normalized spacial score (nSPS) is 16.6. The molecule has 0 spiro atoms. The minimum Gasteiger partial charge on any atom is -0.497 e. The van der Waals surface area contributed by atoms with Crippen molar-refractivity contribution in [3.05, 3.63) is 53.6 Å². The Balaban J connectivity index is 1.66. The molecule has 2 aromatic carbocycles. The molecule has 1 aliphatic heterocycles. The monoisotopic (exact) mass is 316 g/mol. The Morgan fingerprint density at radius 1 is 1.10 bits per heavy atom. The van der Waals surface area contributed by atoms with Crippen LogP contribution >= 0.6 is 23.5 Å². The summed E-state index contributed by atoms with van der Waals surface area (Å²) in [6.45, 7) is 2.10. The van der Waals surface area contributed by atoms with Crippen LogP contribution in [0.2, 0.25) is 0 Å². The number of methoxy groups -OCH3 is 1. The third-order valence-corrected chi connectivity index (χ3v) is 6.15. The van der Waals surface area contributed by atoms with Crippen LogP contribution in [0.3, 0.4) is 0 Å². The Morgan fingerprint density at radius 2 is 1.81 bits per heavy atom. The van der Waals surface area contributed by atoms with E-state index in [9.17, 15) is 4.79 Å². The number of carbonyl (C=O) groups is 1. The molecule has 2 aromatic rings. The zero-order valence-corrected chi connectivity index (χ0v) is 13.6. The first-order valence-corrected chi connectivity index (χ1v) is 8.53. The predicted molar refractivity (Wildman–Crippen MR) is 88.6 cm³/mol. The lowest BCUT2D eigenvalue weighted by molar-refractivity contribution is 0.0987. The molecule has 0 saturated heterocycles. The number of Topliss-reactive ketones (excluding diaryl/α,β-unsaturated/α-hetero) is 1. The van der Waals surface area contributed by atoms with Crippen molar-refractivity contribution in [2.45, 2.75) is 27.7 Å². The molecule has 108 valence electrons. The second kappa shape index (κ2) is 6.16. The first-order valence-electron chi connectivity index (χ1n) is 6.77. The topological polar surface area (TPSA) is 26.3 Å². The van der Waals surface area contributed by atoms with Gasteiger partial charge in [0.2, 0.25) is 0 Å². The Hall–Kier alpha value is -1.39. The Morgan fingerprint density at radius 3 is 2.52 bits per heavy atom. The van der Waals surface area contributed by atoms with Gasteiger partial charge >= 0.3 is 0 Å². The lowest BCUT2D eigenvalue weighted by atomic mass is 10.1. The highest BCUT2D eigenvalue weighted by Gasteiger charge is 2.25. The molecule has 0 N–H and O–H groups in total. The first-order chi connectivity index (χ1) is 10.2. The van der Waals surface area contributed by atoms with E-state index in [2.05, 4.69) is 25.1 Å². The van der Waals surface area contributed by atoms with Crippen molar-refractivity contribution >= 4 is 29.3 Å². The summed E-state index contributed by atoms with van der Waals surface area (Å²) in [5.41, 5.74) is 2.02. The molecule has 4 heteroatoms. The highest BCUT2D eigenvalue weighted by atomic mass is 32.2. The molecule has 0 bridgehead atoms. The molecular formula is C17H16O2S2. The molecule has 0 fully saturated rings. The number of carbonyl (C=O) groups excluding carboxylic acids is 1. The molecular weight excluding hydrogens is 300 g/mol. The smallest absolute Gasteiger partial charge is 0.164 e. The van der Waals surface area contributed by atoms with Crippen LogP contribution in [0.25, 0.3) is 0 Å². The van der Waals surface area contributed by atoms with Crippen LogP contribution in [0.1, 0.15) is 22.3 Å². The van der Waals surface area contributed by atoms with Gasteiger partial charge < -0.3 is 4.74 Å². The standard InChI is InChI=1S/C17H16O2S2/c1-11-3-8-15-16(9-11)21-17(20-15)10-14(18)12-4-6-13(19-2)7-5-12/h3-9,17H,10H2,1-2H3/t17-/m1/s1. The number of aryl methyl sites for hydroxylation is 1. The van der Waals surface area contributed by atoms with Crippen LogP contribution in [0.15, 0.2) is 52.3 Å². The highest BCUT2D eigenvalue weighted by molar-refractivity contribution is 8.19. The predicted octanol–water partition coefficient (Wildman–Crippen LogP) is 4.80. The fourth-order valence-corrected chi connectivity index (χ4v) is 5.14. The second-order valence-electron chi connectivity index (χ2n) is 4.97. The maximum atomic E-state index is 12.4. The van der Waals surface area contributed by atoms with Crippen molar-refractivity contribution in [2.24, 2.45) is 0 Å². The van der Waals surface area contributed by atoms with Crippen molar-refractivity contribution in [3.63, 3.8) is 0 Å². The molecule has 0 radical (unpaired) electrons. The van der Waals surface area contributed by atoms with E-state index in [1.807, 2.05) is 24.3 Å². The summed E-state index contributed by atoms with van der Waals surface area (Å²) in [6.07, 6.45) is 0.551. The molecule has 1 heterocycles. The Bertz CT molecular complexity index is 665. The van der Waals surface area contributed by atoms with Crippen LogP contribution in [-0.2, 0) is 0 Å². The van der Waals surface area contributed by atoms with E-state index in [-0.39, 0.29) is 10.4 Å². The van der Waals surface area contributed by atoms with Gasteiger partial charge in [0.05, 0.1) is 11.7 Å². The summed E-state index contributed by atoms with van der Waals surface area (Å²) in [6, 6.07) is 13.8. The molecule has 21 heavy (non-hydrogen) atoms. The van der Waals surface area contributed by atoms with Crippen LogP contribution < -0.4 is 4.74 Å². The zero-order chi connectivity index (χ0) is 14.8. The van der Waals surface area contributed by atoms with Crippen molar-refractivity contribution in [1.29, 1.82) is 0 Å². The van der Waals surface area contributed by atoms with E-state index >= 15 is 0 Å². The average Bonchev–Trinajstić information content (AvgIpc) is 2.88. The molecule has 3 rings (SSSR count). The molecule has 0 aromatic heterocycles. The van der Waals surface area contributed by atoms with Gasteiger partial charge in [-0.2, -0.15) is 0 Å². The van der Waals surface area contributed by atoms with Gasteiger partial charge in [0.15, 0.2) is 5.78 Å². The lowest BCUT2D eigenvalue weighted by Gasteiger charge is -2.07. The number of hydrogen-bond acceptors (Lipinski definition) is 4. The summed E-state index contributed by atoms with van der Waals surface area (Å²) in [7, 11) is 1.63. The number of thioether (sulfide) groups is 2. The largest absolute Gasteiger partial charge is 0.497 e. The van der Waals surface area contributed by atoms with Gasteiger partial charge in [0, 0.05) is 21.8 Å². The quantitative estimate of drug-likeness (QED) is 0.757. The fourth-order valence-electron chi connectivity index (χ4n) is 2.24. The molecule has 0 amide bonds. The van der Waals surface area contributed by atoms with Gasteiger partial charge in [-0.1, -0.05) is 6.07 Å². The fraction of sp³-hybridized carbons (Fsp3) is 0.235. The molecule has 0 unspecified atom stereocenters. The SMILES string of the molecule is COc1ccc(C(=O)C[C@@H]2Sc3ccc(C)cc3S2)cc1. The Labute approximate surface area is 133 Å². The summed E-state index contributed by atoms with van der Waals surface area (Å²) < 4.78 is 5.39. The number of rotatable bonds is 4. The maximum absolute atomic E-state index is 12.4. The van der Waals surface area contributed by atoms with Crippen molar-refractivity contribution in [1.82, 2.24) is 0 Å². The van der Waals surface area contributed by atoms with E-state index in [1.165, 1.54) is 15.4 Å². The molecule has 2 nitrogen and oxygen atoms in total. The van der Waals surface area contributed by atoms with Crippen LogP contribution in [0.5, 0.6) is 5.75 Å². The van der Waals surface area contributed by atoms with E-state index < -0.39 is 0 Å². The molecule has 0 saturated carbocycles. The van der Waals surface area contributed by atoms with Crippen molar-refractivity contribution in [2.75, 3.05) is 7.11 Å². The first kappa shape index (κ1) is 14.5. The van der Waals surface area contributed by atoms with Crippen molar-refractivity contribution < 1.29 is 9.53 Å². The van der Waals surface area contributed by atoms with E-state index in [0.29, 0.717) is 6.42 Å². The number of ketones is 1. The van der Waals surface area contributed by atoms with Gasteiger partial charge in [-0.3, -0.25) is 4.79 Å². The second-order valence-corrected chi connectivity index (χ2v) is 7.76. The molecule has 0 aliphatic carbocycles. The Kier molecular flexibility index (Phi) is 4.27. The van der Waals surface area contributed by atoms with Crippen LogP contribution in [-0.4, -0.2) is 17.5 Å². The third kappa shape index (κ3) is 3.27. The van der Waals surface area contributed by atoms with Crippen LogP contribution in [0.4, 0.5) is 0 Å². The lowest BCUT2D eigenvalue weighted by Crippen LogP contribution is -2.05. The van der Waals surface area contributed by atoms with Crippen LogP contribution in [0, 0.1) is 6.92 Å². The number of ether oxygens (including phenoxy) is 1. The number of benzene rings is 2. The van der Waals surface area contributed by atoms with E-state index in [0.717, 1.165) is 11.3 Å². The summed E-state index contributed by atoms with van der Waals surface area (Å²) in [5, 5.41) is 0. The van der Waals surface area contributed by atoms with Gasteiger partial charge in [-0.05, 0) is 48.9 Å². The average molecular weight is 316 g/mol. The summed E-state index contributed by atoms with van der Waals surface area (Å²) >= 11 is 3.59. The maximum Gasteiger partial charge on any atom is 0.164 e. The third-order valence-electron chi connectivity index (χ3n) is 3.38. The molecule has 1 atom stereocenters. The van der Waals surface area contributed by atoms with Crippen molar-refractivity contribution in [3.8, 4) is 5.75 Å². The van der Waals surface area contributed by atoms with Gasteiger partial charge in [0.25, 0.3) is 0 Å². The summed E-state index contributed by atoms with van der Waals surface area (Å²) in [5.74, 6) is 0.964. The number of hydrogen-bond donors (Lipinski definition) is 0. The summed E-state index contributed by atoms with van der Waals surface area (Å²) in [4.78, 5) is 14.9. The van der Waals surface area contributed by atoms with Gasteiger partial charge in [-0.15, -0.1) is 23.5 Å². The number of fused-ring (bicyclic) bond motifs is 1. The zero-order valence-electron chi connectivity index (χ0n) is 12.0. The van der Waals surface area contributed by atoms with E-state index in [4.69, 9.17) is 4.74 Å². The minimum atomic E-state index is 0.187. The van der Waals surface area contributed by atoms with Gasteiger partial charge in [0.1, 0.15) is 5.75 Å². The van der Waals surface area contributed by atoms with E-state index in [1.54, 1.807) is 30.6 Å².